The number of imidazole rings is 1. The Bertz CT molecular complexity index is 1440. The molecule has 15 heteroatoms. The Morgan fingerprint density at radius 2 is 2.03 bits per heavy atom. The third-order valence-corrected chi connectivity index (χ3v) is 7.25. The highest BCUT2D eigenvalue weighted by atomic mass is 35.5. The fourth-order valence-corrected chi connectivity index (χ4v) is 4.86. The van der Waals surface area contributed by atoms with Crippen LogP contribution in [0.25, 0.3) is 17.1 Å². The zero-order valence-electron chi connectivity index (χ0n) is 18.5. The van der Waals surface area contributed by atoms with Crippen LogP contribution < -0.4 is 5.32 Å². The van der Waals surface area contributed by atoms with Crippen molar-refractivity contribution in [2.75, 3.05) is 24.7 Å². The molecule has 1 saturated heterocycles. The average Bonchev–Trinajstić information content (AvgIpc) is 3.29. The molecule has 0 saturated carbocycles. The Balaban J connectivity index is 1.66. The van der Waals surface area contributed by atoms with Gasteiger partial charge in [-0.1, -0.05) is 17.7 Å². The van der Waals surface area contributed by atoms with E-state index in [2.05, 4.69) is 20.3 Å². The van der Waals surface area contributed by atoms with Gasteiger partial charge in [-0.3, -0.25) is 0 Å². The van der Waals surface area contributed by atoms with E-state index in [1.807, 2.05) is 6.07 Å². The van der Waals surface area contributed by atoms with Gasteiger partial charge in [0.25, 0.3) is 0 Å². The summed E-state index contributed by atoms with van der Waals surface area (Å²) in [6.45, 7) is -0.353. The lowest BCUT2D eigenvalue weighted by atomic mass is 10.1. The van der Waals surface area contributed by atoms with Gasteiger partial charge in [0.05, 0.1) is 28.6 Å². The number of nitrogens with zero attached hydrogens (tertiary/aromatic N) is 6. The number of benzene rings is 1. The second-order valence-electron chi connectivity index (χ2n) is 8.05. The van der Waals surface area contributed by atoms with E-state index >= 15 is 0 Å². The van der Waals surface area contributed by atoms with Gasteiger partial charge >= 0.3 is 6.18 Å². The standard InChI is InChI=1S/C21H18ClF4N7O2S/c1-36(34,35)33-6-5-15(14(23)9-33)30-20-28-8-13(21(24,25)26)19(31-20)16-10-32(11-29-16)17-4-2-3-12(7-27)18(17)22/h2-4,8,10-11,14-15H,5-6,9H2,1H3,(H,28,30,31)/t14-,15+/m1/s1. The normalized spacial score (nSPS) is 19.1. The van der Waals surface area contributed by atoms with Crippen molar-refractivity contribution >= 4 is 27.6 Å². The van der Waals surface area contributed by atoms with Gasteiger partial charge in [-0.15, -0.1) is 0 Å². The summed E-state index contributed by atoms with van der Waals surface area (Å²) >= 11 is 6.22. The van der Waals surface area contributed by atoms with Crippen molar-refractivity contribution < 1.29 is 26.0 Å². The number of hydrogen-bond acceptors (Lipinski definition) is 7. The first-order chi connectivity index (χ1) is 16.9. The van der Waals surface area contributed by atoms with Gasteiger partial charge in [0.1, 0.15) is 35.5 Å². The van der Waals surface area contributed by atoms with E-state index < -0.39 is 46.2 Å². The van der Waals surface area contributed by atoms with Crippen molar-refractivity contribution in [1.82, 2.24) is 23.8 Å². The number of nitrogens with one attached hydrogen (secondary N) is 1. The monoisotopic (exact) mass is 543 g/mol. The van der Waals surface area contributed by atoms with E-state index in [-0.39, 0.29) is 35.2 Å². The van der Waals surface area contributed by atoms with Gasteiger partial charge in [-0.2, -0.15) is 22.7 Å². The topological polar surface area (TPSA) is 117 Å². The van der Waals surface area contributed by atoms with Crippen LogP contribution in [0.4, 0.5) is 23.5 Å². The number of sulfonamides is 1. The Labute approximate surface area is 208 Å². The molecule has 0 bridgehead atoms. The highest BCUT2D eigenvalue weighted by molar-refractivity contribution is 7.88. The summed E-state index contributed by atoms with van der Waals surface area (Å²) in [6, 6.07) is 5.64. The summed E-state index contributed by atoms with van der Waals surface area (Å²) in [4.78, 5) is 11.7. The average molecular weight is 544 g/mol. The van der Waals surface area contributed by atoms with Crippen LogP contribution in [-0.2, 0) is 16.2 Å². The third-order valence-electron chi connectivity index (χ3n) is 5.58. The molecule has 0 spiro atoms. The van der Waals surface area contributed by atoms with E-state index in [1.165, 1.54) is 23.2 Å². The second-order valence-corrected chi connectivity index (χ2v) is 10.4. The summed E-state index contributed by atoms with van der Waals surface area (Å²) in [6.07, 6.45) is -2.32. The maximum absolute atomic E-state index is 14.6. The van der Waals surface area contributed by atoms with E-state index in [0.29, 0.717) is 11.9 Å². The van der Waals surface area contributed by atoms with Crippen LogP contribution in [-0.4, -0.2) is 63.8 Å². The lowest BCUT2D eigenvalue weighted by molar-refractivity contribution is -0.137. The molecule has 1 aliphatic heterocycles. The summed E-state index contributed by atoms with van der Waals surface area (Å²) < 4.78 is 81.5. The van der Waals surface area contributed by atoms with Gasteiger partial charge in [0, 0.05) is 25.5 Å². The third kappa shape index (κ3) is 5.28. The van der Waals surface area contributed by atoms with Gasteiger partial charge in [-0.25, -0.2) is 27.8 Å². The molecule has 36 heavy (non-hydrogen) atoms. The number of nitriles is 1. The molecule has 0 aliphatic carbocycles. The lowest BCUT2D eigenvalue weighted by Crippen LogP contribution is -2.49. The van der Waals surface area contributed by atoms with Crippen molar-refractivity contribution in [3.63, 3.8) is 0 Å². The summed E-state index contributed by atoms with van der Waals surface area (Å²) in [5.41, 5.74) is -1.35. The van der Waals surface area contributed by atoms with E-state index in [9.17, 15) is 26.0 Å². The minimum atomic E-state index is -4.81. The first kappa shape index (κ1) is 25.8. The number of piperidine rings is 1. The summed E-state index contributed by atoms with van der Waals surface area (Å²) in [7, 11) is -3.58. The molecule has 3 heterocycles. The van der Waals surface area contributed by atoms with Gasteiger partial charge in [0.15, 0.2) is 0 Å². The van der Waals surface area contributed by atoms with Crippen LogP contribution >= 0.6 is 11.6 Å². The molecule has 0 amide bonds. The van der Waals surface area contributed by atoms with Gasteiger partial charge in [-0.05, 0) is 18.6 Å². The van der Waals surface area contributed by atoms with Crippen molar-refractivity contribution in [2.24, 2.45) is 0 Å². The summed E-state index contributed by atoms with van der Waals surface area (Å²) in [5.74, 6) is -0.266. The first-order valence-corrected chi connectivity index (χ1v) is 12.6. The fraction of sp³-hybridized carbons (Fsp3) is 0.333. The molecule has 3 aromatic rings. The highest BCUT2D eigenvalue weighted by Gasteiger charge is 2.37. The predicted octanol–water partition coefficient (Wildman–Crippen LogP) is 3.66. The molecule has 1 N–H and O–H groups in total. The predicted molar refractivity (Wildman–Crippen MR) is 123 cm³/mol. The molecule has 1 aliphatic rings. The SMILES string of the molecule is CS(=O)(=O)N1CC[C@H](Nc2ncc(C(F)(F)F)c(-c3cn(-c4cccc(C#N)c4Cl)cn3)n2)[C@H](F)C1. The molecule has 2 atom stereocenters. The van der Waals surface area contributed by atoms with E-state index in [0.717, 1.165) is 10.6 Å². The van der Waals surface area contributed by atoms with Crippen LogP contribution in [0.1, 0.15) is 17.5 Å². The number of hydrogen-bond donors (Lipinski definition) is 1. The molecule has 1 aromatic carbocycles. The highest BCUT2D eigenvalue weighted by Crippen LogP contribution is 2.36. The smallest absolute Gasteiger partial charge is 0.348 e. The van der Waals surface area contributed by atoms with E-state index in [1.54, 1.807) is 12.1 Å². The Morgan fingerprint density at radius 1 is 1.28 bits per heavy atom. The number of halogens is 5. The van der Waals surface area contributed by atoms with Crippen molar-refractivity contribution in [2.45, 2.75) is 24.8 Å². The molecule has 0 unspecified atom stereocenters. The Morgan fingerprint density at radius 3 is 2.67 bits per heavy atom. The molecule has 2 aromatic heterocycles. The zero-order valence-corrected chi connectivity index (χ0v) is 20.1. The van der Waals surface area contributed by atoms with Gasteiger partial charge in [0.2, 0.25) is 16.0 Å². The molecular weight excluding hydrogens is 526 g/mol. The Kier molecular flexibility index (Phi) is 6.91. The van der Waals surface area contributed by atoms with Crippen LogP contribution in [0.5, 0.6) is 0 Å². The lowest BCUT2D eigenvalue weighted by Gasteiger charge is -2.33. The minimum Gasteiger partial charge on any atom is -0.348 e. The number of anilines is 1. The number of rotatable bonds is 5. The minimum absolute atomic E-state index is 0.0390. The fourth-order valence-electron chi connectivity index (χ4n) is 3.74. The van der Waals surface area contributed by atoms with Gasteiger partial charge < -0.3 is 9.88 Å². The van der Waals surface area contributed by atoms with E-state index in [4.69, 9.17) is 16.9 Å². The van der Waals surface area contributed by atoms with Crippen molar-refractivity contribution in [3.8, 4) is 23.1 Å². The number of aromatic nitrogens is 4. The first-order valence-electron chi connectivity index (χ1n) is 10.4. The van der Waals surface area contributed by atoms with Crippen molar-refractivity contribution in [1.29, 1.82) is 5.26 Å². The molecule has 0 radical (unpaired) electrons. The quantitative estimate of drug-likeness (QED) is 0.488. The van der Waals surface area contributed by atoms with Crippen LogP contribution in [0.15, 0.2) is 36.9 Å². The largest absolute Gasteiger partial charge is 0.420 e. The maximum atomic E-state index is 14.6. The molecule has 9 nitrogen and oxygen atoms in total. The zero-order chi connectivity index (χ0) is 26.3. The molecule has 4 rings (SSSR count). The van der Waals surface area contributed by atoms with Crippen LogP contribution in [0.2, 0.25) is 5.02 Å². The molecule has 1 fully saturated rings. The molecule has 190 valence electrons. The van der Waals surface area contributed by atoms with Crippen LogP contribution in [0.3, 0.4) is 0 Å². The second kappa shape index (κ2) is 9.64. The molecular formula is C21H18ClF4N7O2S. The maximum Gasteiger partial charge on any atom is 0.420 e. The van der Waals surface area contributed by atoms with Crippen molar-refractivity contribution in [3.05, 3.63) is 53.1 Å². The number of alkyl halides is 4. The Hall–Kier alpha value is -3.28. The summed E-state index contributed by atoms with van der Waals surface area (Å²) in [5, 5.41) is 11.9. The van der Waals surface area contributed by atoms with Crippen LogP contribution in [0, 0.1) is 11.3 Å².